The molecule has 2 unspecified atom stereocenters. The molecule has 1 fully saturated rings. The van der Waals surface area contributed by atoms with E-state index in [2.05, 4.69) is 10.6 Å². The molecule has 1 aliphatic heterocycles. The van der Waals surface area contributed by atoms with Crippen LogP contribution in [0.4, 0.5) is 4.39 Å². The zero-order valence-corrected chi connectivity index (χ0v) is 16.6. The van der Waals surface area contributed by atoms with Crippen LogP contribution in [0.1, 0.15) is 37.0 Å². The molecule has 2 aromatic carbocycles. The van der Waals surface area contributed by atoms with Gasteiger partial charge in [-0.25, -0.2) is 4.39 Å². The Balaban J connectivity index is 1.94. The van der Waals surface area contributed by atoms with Crippen molar-refractivity contribution < 1.29 is 13.9 Å². The standard InChI is InChI=1S/C23H29FN2O2/c1-16-6-3-7-18(14-16)22-20(9-4-10-21(22)24)23(19-8-5-11-25-15-19)28-13-12-26-17(2)27/h3-4,6-7,9-10,14,19,23,25H,5,8,11-13,15H2,1-2H3,(H,26,27). The molecule has 3 rings (SSSR count). The molecule has 0 aliphatic carbocycles. The largest absolute Gasteiger partial charge is 0.371 e. The fraction of sp³-hybridized carbons (Fsp3) is 0.435. The van der Waals surface area contributed by atoms with Gasteiger partial charge in [0.15, 0.2) is 0 Å². The number of carbonyl (C=O) groups is 1. The van der Waals surface area contributed by atoms with E-state index < -0.39 is 0 Å². The van der Waals surface area contributed by atoms with Crippen molar-refractivity contribution in [2.24, 2.45) is 5.92 Å². The number of aryl methyl sites for hydroxylation is 1. The lowest BCUT2D eigenvalue weighted by atomic mass is 9.85. The lowest BCUT2D eigenvalue weighted by molar-refractivity contribution is -0.119. The van der Waals surface area contributed by atoms with E-state index in [1.54, 1.807) is 6.07 Å². The molecule has 1 aliphatic rings. The number of rotatable bonds is 7. The zero-order valence-electron chi connectivity index (χ0n) is 16.6. The lowest BCUT2D eigenvalue weighted by Gasteiger charge is -2.32. The lowest BCUT2D eigenvalue weighted by Crippen LogP contribution is -2.35. The molecule has 1 heterocycles. The first-order valence-electron chi connectivity index (χ1n) is 9.98. The van der Waals surface area contributed by atoms with Gasteiger partial charge in [0, 0.05) is 31.5 Å². The summed E-state index contributed by atoms with van der Waals surface area (Å²) in [5, 5.41) is 6.20. The van der Waals surface area contributed by atoms with E-state index in [-0.39, 0.29) is 23.7 Å². The van der Waals surface area contributed by atoms with E-state index in [4.69, 9.17) is 4.74 Å². The normalized spacial score (nSPS) is 17.9. The molecule has 0 aromatic heterocycles. The number of hydrogen-bond acceptors (Lipinski definition) is 3. The first-order chi connectivity index (χ1) is 13.6. The molecular weight excluding hydrogens is 355 g/mol. The Morgan fingerprint density at radius 2 is 2.14 bits per heavy atom. The molecule has 5 heteroatoms. The monoisotopic (exact) mass is 384 g/mol. The maximum absolute atomic E-state index is 15.0. The Kier molecular flexibility index (Phi) is 7.18. The molecule has 0 radical (unpaired) electrons. The Bertz CT molecular complexity index is 803. The van der Waals surface area contributed by atoms with Gasteiger partial charge in [-0.15, -0.1) is 0 Å². The van der Waals surface area contributed by atoms with Gasteiger partial charge in [0.2, 0.25) is 5.91 Å². The molecule has 150 valence electrons. The molecule has 0 bridgehead atoms. The fourth-order valence-electron chi connectivity index (χ4n) is 3.91. The third kappa shape index (κ3) is 5.18. The van der Waals surface area contributed by atoms with Crippen LogP contribution in [0, 0.1) is 18.7 Å². The van der Waals surface area contributed by atoms with Gasteiger partial charge in [-0.05, 0) is 43.5 Å². The molecule has 28 heavy (non-hydrogen) atoms. The van der Waals surface area contributed by atoms with Crippen molar-refractivity contribution in [1.29, 1.82) is 0 Å². The predicted molar refractivity (Wildman–Crippen MR) is 110 cm³/mol. The molecule has 1 amide bonds. The molecule has 2 N–H and O–H groups in total. The highest BCUT2D eigenvalue weighted by Gasteiger charge is 2.29. The molecular formula is C23H29FN2O2. The summed E-state index contributed by atoms with van der Waals surface area (Å²) in [6.45, 7) is 6.19. The highest BCUT2D eigenvalue weighted by atomic mass is 19.1. The minimum Gasteiger partial charge on any atom is -0.371 e. The van der Waals surface area contributed by atoms with Gasteiger partial charge < -0.3 is 15.4 Å². The summed E-state index contributed by atoms with van der Waals surface area (Å²) >= 11 is 0. The van der Waals surface area contributed by atoms with Crippen LogP contribution in [0.5, 0.6) is 0 Å². The first-order valence-corrected chi connectivity index (χ1v) is 9.98. The molecule has 0 spiro atoms. The van der Waals surface area contributed by atoms with Crippen molar-refractivity contribution in [3.8, 4) is 11.1 Å². The van der Waals surface area contributed by atoms with E-state index in [0.717, 1.165) is 42.6 Å². The average Bonchev–Trinajstić information content (AvgIpc) is 2.68. The van der Waals surface area contributed by atoms with Gasteiger partial charge in [-0.1, -0.05) is 42.0 Å². The van der Waals surface area contributed by atoms with Crippen LogP contribution in [0.2, 0.25) is 0 Å². The summed E-state index contributed by atoms with van der Waals surface area (Å²) in [5.41, 5.74) is 3.45. The Hall–Kier alpha value is -2.24. The van der Waals surface area contributed by atoms with Gasteiger partial charge in [0.1, 0.15) is 5.82 Å². The molecule has 0 saturated carbocycles. The van der Waals surface area contributed by atoms with Gasteiger partial charge >= 0.3 is 0 Å². The number of benzene rings is 2. The van der Waals surface area contributed by atoms with E-state index in [0.29, 0.717) is 18.7 Å². The third-order valence-corrected chi connectivity index (χ3v) is 5.20. The number of piperidine rings is 1. The van der Waals surface area contributed by atoms with Gasteiger partial charge in [0.25, 0.3) is 0 Å². The van der Waals surface area contributed by atoms with Crippen molar-refractivity contribution in [3.05, 3.63) is 59.4 Å². The Labute approximate surface area is 166 Å². The van der Waals surface area contributed by atoms with Crippen molar-refractivity contribution in [2.75, 3.05) is 26.2 Å². The zero-order chi connectivity index (χ0) is 19.9. The number of nitrogens with one attached hydrogen (secondary N) is 2. The summed E-state index contributed by atoms with van der Waals surface area (Å²) < 4.78 is 21.2. The van der Waals surface area contributed by atoms with E-state index >= 15 is 0 Å². The summed E-state index contributed by atoms with van der Waals surface area (Å²) in [6.07, 6.45) is 1.88. The van der Waals surface area contributed by atoms with Crippen LogP contribution in [-0.4, -0.2) is 32.1 Å². The highest BCUT2D eigenvalue weighted by molar-refractivity contribution is 5.72. The van der Waals surface area contributed by atoms with Crippen LogP contribution in [-0.2, 0) is 9.53 Å². The fourth-order valence-corrected chi connectivity index (χ4v) is 3.91. The second-order valence-electron chi connectivity index (χ2n) is 7.45. The SMILES string of the molecule is CC(=O)NCCOC(c1cccc(F)c1-c1cccc(C)c1)C1CCCNC1. The first kappa shape index (κ1) is 20.5. The number of carbonyl (C=O) groups excluding carboxylic acids is 1. The van der Waals surface area contributed by atoms with Crippen LogP contribution in [0.3, 0.4) is 0 Å². The smallest absolute Gasteiger partial charge is 0.216 e. The molecule has 1 saturated heterocycles. The van der Waals surface area contributed by atoms with Crippen molar-refractivity contribution in [3.63, 3.8) is 0 Å². The number of ether oxygens (including phenoxy) is 1. The molecule has 2 atom stereocenters. The number of amides is 1. The Morgan fingerprint density at radius 3 is 2.86 bits per heavy atom. The molecule has 4 nitrogen and oxygen atoms in total. The maximum atomic E-state index is 15.0. The number of halogens is 1. The average molecular weight is 384 g/mol. The number of hydrogen-bond donors (Lipinski definition) is 2. The summed E-state index contributed by atoms with van der Waals surface area (Å²) in [7, 11) is 0. The van der Waals surface area contributed by atoms with Crippen molar-refractivity contribution in [2.45, 2.75) is 32.8 Å². The Morgan fingerprint density at radius 1 is 1.32 bits per heavy atom. The third-order valence-electron chi connectivity index (χ3n) is 5.20. The van der Waals surface area contributed by atoms with Crippen LogP contribution in [0.15, 0.2) is 42.5 Å². The quantitative estimate of drug-likeness (QED) is 0.710. The van der Waals surface area contributed by atoms with Crippen LogP contribution < -0.4 is 10.6 Å². The highest BCUT2D eigenvalue weighted by Crippen LogP contribution is 2.38. The van der Waals surface area contributed by atoms with E-state index in [1.807, 2.05) is 37.3 Å². The van der Waals surface area contributed by atoms with Crippen LogP contribution >= 0.6 is 0 Å². The van der Waals surface area contributed by atoms with Crippen molar-refractivity contribution in [1.82, 2.24) is 10.6 Å². The van der Waals surface area contributed by atoms with Gasteiger partial charge in [-0.2, -0.15) is 0 Å². The van der Waals surface area contributed by atoms with E-state index in [1.165, 1.54) is 13.0 Å². The van der Waals surface area contributed by atoms with Crippen LogP contribution in [0.25, 0.3) is 11.1 Å². The molecule has 2 aromatic rings. The summed E-state index contributed by atoms with van der Waals surface area (Å²) in [4.78, 5) is 11.1. The summed E-state index contributed by atoms with van der Waals surface area (Å²) in [5.74, 6) is -0.0514. The van der Waals surface area contributed by atoms with Gasteiger partial charge in [-0.3, -0.25) is 4.79 Å². The second kappa shape index (κ2) is 9.80. The summed E-state index contributed by atoms with van der Waals surface area (Å²) in [6, 6.07) is 13.2. The van der Waals surface area contributed by atoms with E-state index in [9.17, 15) is 9.18 Å². The predicted octanol–water partition coefficient (Wildman–Crippen LogP) is 3.99. The van der Waals surface area contributed by atoms with Crippen molar-refractivity contribution >= 4 is 5.91 Å². The maximum Gasteiger partial charge on any atom is 0.216 e. The minimum absolute atomic E-state index is 0.0781. The second-order valence-corrected chi connectivity index (χ2v) is 7.45. The minimum atomic E-state index is -0.234. The topological polar surface area (TPSA) is 50.4 Å². The van der Waals surface area contributed by atoms with Gasteiger partial charge in [0.05, 0.1) is 12.7 Å².